The van der Waals surface area contributed by atoms with Crippen molar-refractivity contribution in [3.8, 4) is 5.75 Å². The van der Waals surface area contributed by atoms with Crippen molar-refractivity contribution in [3.63, 3.8) is 0 Å². The van der Waals surface area contributed by atoms with Crippen LogP contribution in [0.1, 0.15) is 20.8 Å². The fourth-order valence-corrected chi connectivity index (χ4v) is 2.41. The van der Waals surface area contributed by atoms with Crippen molar-refractivity contribution in [1.29, 1.82) is 0 Å². The van der Waals surface area contributed by atoms with Gasteiger partial charge < -0.3 is 20.1 Å². The van der Waals surface area contributed by atoms with Crippen molar-refractivity contribution in [2.24, 2.45) is 0 Å². The standard InChI is InChI=1S/C15H20N2O4/c1-4-16-15(2,3)14(20)17-9-12(13(18)19)21-11-8-6-5-7-10(11)17/h5-8,12,16H,4,9H2,1-3H3,(H,18,19). The Bertz CT molecular complexity index is 556. The van der Waals surface area contributed by atoms with Gasteiger partial charge in [-0.3, -0.25) is 4.79 Å². The normalized spacial score (nSPS) is 17.9. The van der Waals surface area contributed by atoms with E-state index in [2.05, 4.69) is 5.32 Å². The molecule has 0 bridgehead atoms. The Kier molecular flexibility index (Phi) is 4.18. The van der Waals surface area contributed by atoms with Crippen LogP contribution in [0.4, 0.5) is 5.69 Å². The number of rotatable bonds is 4. The molecule has 114 valence electrons. The summed E-state index contributed by atoms with van der Waals surface area (Å²) in [6.45, 7) is 6.13. The summed E-state index contributed by atoms with van der Waals surface area (Å²) in [5.41, 5.74) is -0.173. The second-order valence-corrected chi connectivity index (χ2v) is 5.48. The number of benzene rings is 1. The molecule has 0 fully saturated rings. The van der Waals surface area contributed by atoms with Crippen molar-refractivity contribution in [1.82, 2.24) is 5.32 Å². The number of hydrogen-bond donors (Lipinski definition) is 2. The van der Waals surface area contributed by atoms with Crippen LogP contribution in [-0.2, 0) is 9.59 Å². The van der Waals surface area contributed by atoms with Crippen LogP contribution in [0.3, 0.4) is 0 Å². The lowest BCUT2D eigenvalue weighted by Gasteiger charge is -2.37. The Morgan fingerprint density at radius 1 is 1.43 bits per heavy atom. The van der Waals surface area contributed by atoms with Gasteiger partial charge in [0.15, 0.2) is 0 Å². The highest BCUT2D eigenvalue weighted by atomic mass is 16.5. The fraction of sp³-hybridized carbons (Fsp3) is 0.467. The molecule has 0 saturated heterocycles. The number of aliphatic carboxylic acids is 1. The number of carbonyl (C=O) groups excluding carboxylic acids is 1. The van der Waals surface area contributed by atoms with E-state index in [0.717, 1.165) is 0 Å². The summed E-state index contributed by atoms with van der Waals surface area (Å²) >= 11 is 0. The van der Waals surface area contributed by atoms with Gasteiger partial charge in [-0.2, -0.15) is 0 Å². The summed E-state index contributed by atoms with van der Waals surface area (Å²) in [6.07, 6.45) is -1.05. The highest BCUT2D eigenvalue weighted by Gasteiger charge is 2.39. The maximum absolute atomic E-state index is 12.8. The van der Waals surface area contributed by atoms with Crippen LogP contribution in [0.2, 0.25) is 0 Å². The molecule has 1 aliphatic heterocycles. The lowest BCUT2D eigenvalue weighted by atomic mass is 10.0. The number of nitrogens with zero attached hydrogens (tertiary/aromatic N) is 1. The summed E-state index contributed by atoms with van der Waals surface area (Å²) in [4.78, 5) is 25.5. The number of nitrogens with one attached hydrogen (secondary N) is 1. The molecular formula is C15H20N2O4. The van der Waals surface area contributed by atoms with E-state index < -0.39 is 17.6 Å². The molecule has 1 aromatic carbocycles. The zero-order chi connectivity index (χ0) is 15.6. The van der Waals surface area contributed by atoms with Crippen molar-refractivity contribution < 1.29 is 19.4 Å². The molecule has 1 amide bonds. The fourth-order valence-electron chi connectivity index (χ4n) is 2.41. The predicted molar refractivity (Wildman–Crippen MR) is 78.6 cm³/mol. The summed E-state index contributed by atoms with van der Waals surface area (Å²) in [7, 11) is 0. The second kappa shape index (κ2) is 5.73. The van der Waals surface area contributed by atoms with E-state index in [0.29, 0.717) is 18.0 Å². The molecule has 0 aromatic heterocycles. The topological polar surface area (TPSA) is 78.9 Å². The van der Waals surface area contributed by atoms with Crippen molar-refractivity contribution >= 4 is 17.6 Å². The van der Waals surface area contributed by atoms with Gasteiger partial charge in [0.25, 0.3) is 0 Å². The van der Waals surface area contributed by atoms with Gasteiger partial charge >= 0.3 is 5.97 Å². The lowest BCUT2D eigenvalue weighted by Crippen LogP contribution is -2.58. The molecule has 1 aliphatic rings. The SMILES string of the molecule is CCNC(C)(C)C(=O)N1CC(C(=O)O)Oc2ccccc21. The molecule has 1 unspecified atom stereocenters. The van der Waals surface area contributed by atoms with E-state index >= 15 is 0 Å². The molecule has 0 saturated carbocycles. The Hall–Kier alpha value is -2.08. The number of anilines is 1. The van der Waals surface area contributed by atoms with Gasteiger partial charge in [0, 0.05) is 0 Å². The van der Waals surface area contributed by atoms with Crippen LogP contribution in [0.5, 0.6) is 5.75 Å². The van der Waals surface area contributed by atoms with Gasteiger partial charge in [0.05, 0.1) is 17.8 Å². The number of fused-ring (bicyclic) bond motifs is 1. The minimum absolute atomic E-state index is 0.00000425. The molecule has 0 aliphatic carbocycles. The molecule has 0 radical (unpaired) electrons. The number of likely N-dealkylation sites (N-methyl/N-ethyl adjacent to an activating group) is 1. The predicted octanol–water partition coefficient (Wildman–Crippen LogP) is 1.25. The first kappa shape index (κ1) is 15.3. The average molecular weight is 292 g/mol. The van der Waals surface area contributed by atoms with Crippen LogP contribution in [0.15, 0.2) is 24.3 Å². The van der Waals surface area contributed by atoms with Gasteiger partial charge in [-0.05, 0) is 32.5 Å². The van der Waals surface area contributed by atoms with Crippen LogP contribution >= 0.6 is 0 Å². The Morgan fingerprint density at radius 2 is 2.10 bits per heavy atom. The second-order valence-electron chi connectivity index (χ2n) is 5.48. The Morgan fingerprint density at radius 3 is 2.71 bits per heavy atom. The molecule has 21 heavy (non-hydrogen) atoms. The monoisotopic (exact) mass is 292 g/mol. The number of ether oxygens (including phenoxy) is 1. The number of hydrogen-bond acceptors (Lipinski definition) is 4. The molecule has 1 heterocycles. The van der Waals surface area contributed by atoms with E-state index in [1.165, 1.54) is 4.90 Å². The van der Waals surface area contributed by atoms with Crippen LogP contribution in [0.25, 0.3) is 0 Å². The molecule has 0 spiro atoms. The Balaban J connectivity index is 2.37. The lowest BCUT2D eigenvalue weighted by molar-refractivity contribution is -0.145. The molecule has 2 N–H and O–H groups in total. The molecule has 6 heteroatoms. The van der Waals surface area contributed by atoms with Gasteiger partial charge in [0.1, 0.15) is 5.75 Å². The summed E-state index contributed by atoms with van der Waals surface area (Å²) in [5.74, 6) is -0.841. The first-order chi connectivity index (χ1) is 9.86. The van der Waals surface area contributed by atoms with Crippen molar-refractivity contribution in [2.75, 3.05) is 18.0 Å². The summed E-state index contributed by atoms with van der Waals surface area (Å²) in [6, 6.07) is 6.98. The highest BCUT2D eigenvalue weighted by molar-refractivity contribution is 6.02. The van der Waals surface area contributed by atoms with Crippen LogP contribution in [0, 0.1) is 0 Å². The largest absolute Gasteiger partial charge is 0.478 e. The van der Waals surface area contributed by atoms with Gasteiger partial charge in [0.2, 0.25) is 12.0 Å². The minimum Gasteiger partial charge on any atom is -0.478 e. The van der Waals surface area contributed by atoms with E-state index in [-0.39, 0.29) is 12.5 Å². The Labute approximate surface area is 123 Å². The first-order valence-electron chi connectivity index (χ1n) is 6.92. The molecular weight excluding hydrogens is 272 g/mol. The van der Waals surface area contributed by atoms with Crippen molar-refractivity contribution in [3.05, 3.63) is 24.3 Å². The highest BCUT2D eigenvalue weighted by Crippen LogP contribution is 2.34. The number of carboxylic acid groups (broad SMARTS) is 1. The molecule has 2 rings (SSSR count). The molecule has 6 nitrogen and oxygen atoms in total. The van der Waals surface area contributed by atoms with E-state index in [4.69, 9.17) is 4.74 Å². The average Bonchev–Trinajstić information content (AvgIpc) is 2.45. The third kappa shape index (κ3) is 3.00. The minimum atomic E-state index is -1.08. The van der Waals surface area contributed by atoms with Gasteiger partial charge in [-0.1, -0.05) is 19.1 Å². The smallest absolute Gasteiger partial charge is 0.346 e. The van der Waals surface area contributed by atoms with Gasteiger partial charge in [-0.15, -0.1) is 0 Å². The van der Waals surface area contributed by atoms with Crippen LogP contribution < -0.4 is 15.0 Å². The zero-order valence-corrected chi connectivity index (χ0v) is 12.4. The van der Waals surface area contributed by atoms with Gasteiger partial charge in [-0.25, -0.2) is 4.79 Å². The number of para-hydroxylation sites is 2. The van der Waals surface area contributed by atoms with E-state index in [1.807, 2.05) is 6.92 Å². The summed E-state index contributed by atoms with van der Waals surface area (Å²) < 4.78 is 5.43. The van der Waals surface area contributed by atoms with E-state index in [1.54, 1.807) is 38.1 Å². The number of amides is 1. The number of carboxylic acids is 1. The zero-order valence-electron chi connectivity index (χ0n) is 12.4. The first-order valence-corrected chi connectivity index (χ1v) is 6.92. The van der Waals surface area contributed by atoms with Crippen LogP contribution in [-0.4, -0.2) is 41.7 Å². The third-order valence-corrected chi connectivity index (χ3v) is 3.45. The molecule has 1 aromatic rings. The maximum Gasteiger partial charge on any atom is 0.346 e. The third-order valence-electron chi connectivity index (χ3n) is 3.45. The molecule has 1 atom stereocenters. The summed E-state index contributed by atoms with van der Waals surface area (Å²) in [5, 5.41) is 12.3. The number of carbonyl (C=O) groups is 2. The maximum atomic E-state index is 12.8. The van der Waals surface area contributed by atoms with E-state index in [9.17, 15) is 14.7 Å². The quantitative estimate of drug-likeness (QED) is 0.873. The van der Waals surface area contributed by atoms with Crippen molar-refractivity contribution in [2.45, 2.75) is 32.4 Å².